The molecule has 0 aliphatic carbocycles. The first kappa shape index (κ1) is 13.3. The standard InChI is InChI=1S/C15H18N2O2/c1-5-19-15(18)12-8-17-13-10(3)6-9(2)7-11(13)14(12)16-4/h6-8H,5H2,1-4H3,(H,16,17). The molecule has 0 amide bonds. The van der Waals surface area contributed by atoms with Gasteiger partial charge in [-0.15, -0.1) is 0 Å². The summed E-state index contributed by atoms with van der Waals surface area (Å²) in [7, 11) is 1.80. The zero-order chi connectivity index (χ0) is 14.0. The zero-order valence-corrected chi connectivity index (χ0v) is 11.7. The smallest absolute Gasteiger partial charge is 0.341 e. The predicted molar refractivity (Wildman–Crippen MR) is 76.7 cm³/mol. The minimum atomic E-state index is -0.347. The second kappa shape index (κ2) is 5.26. The number of pyridine rings is 1. The van der Waals surface area contributed by atoms with Crippen molar-refractivity contribution in [2.45, 2.75) is 20.8 Å². The summed E-state index contributed by atoms with van der Waals surface area (Å²) in [4.78, 5) is 16.3. The quantitative estimate of drug-likeness (QED) is 0.860. The Bertz CT molecular complexity index is 636. The molecule has 1 aromatic carbocycles. The maximum absolute atomic E-state index is 11.9. The van der Waals surface area contributed by atoms with Crippen LogP contribution < -0.4 is 5.32 Å². The van der Waals surface area contributed by atoms with E-state index < -0.39 is 0 Å². The highest BCUT2D eigenvalue weighted by molar-refractivity contribution is 6.05. The van der Waals surface area contributed by atoms with Gasteiger partial charge in [0.1, 0.15) is 5.56 Å². The highest BCUT2D eigenvalue weighted by Crippen LogP contribution is 2.29. The summed E-state index contributed by atoms with van der Waals surface area (Å²) in [5, 5.41) is 4.04. The van der Waals surface area contributed by atoms with E-state index in [0.29, 0.717) is 12.2 Å². The number of rotatable bonds is 3. The summed E-state index contributed by atoms with van der Waals surface area (Å²) in [6, 6.07) is 4.11. The highest BCUT2D eigenvalue weighted by Gasteiger charge is 2.16. The molecule has 0 atom stereocenters. The fraction of sp³-hybridized carbons (Fsp3) is 0.333. The van der Waals surface area contributed by atoms with Crippen LogP contribution in [0.5, 0.6) is 0 Å². The minimum absolute atomic E-state index is 0.347. The van der Waals surface area contributed by atoms with E-state index in [9.17, 15) is 4.79 Å². The summed E-state index contributed by atoms with van der Waals surface area (Å²) in [5.74, 6) is -0.347. The van der Waals surface area contributed by atoms with Crippen LogP contribution in [0.4, 0.5) is 5.69 Å². The summed E-state index contributed by atoms with van der Waals surface area (Å²) in [5.41, 5.74) is 4.39. The van der Waals surface area contributed by atoms with Crippen LogP contribution in [0.1, 0.15) is 28.4 Å². The number of hydrogen-bond donors (Lipinski definition) is 1. The average molecular weight is 258 g/mol. The van der Waals surface area contributed by atoms with E-state index in [-0.39, 0.29) is 5.97 Å². The van der Waals surface area contributed by atoms with Crippen molar-refractivity contribution in [3.05, 3.63) is 35.0 Å². The van der Waals surface area contributed by atoms with Gasteiger partial charge in [0, 0.05) is 18.6 Å². The third kappa shape index (κ3) is 2.38. The van der Waals surface area contributed by atoms with Gasteiger partial charge in [-0.1, -0.05) is 11.6 Å². The molecule has 100 valence electrons. The Morgan fingerprint density at radius 2 is 2.11 bits per heavy atom. The highest BCUT2D eigenvalue weighted by atomic mass is 16.5. The van der Waals surface area contributed by atoms with Gasteiger partial charge in [0.2, 0.25) is 0 Å². The van der Waals surface area contributed by atoms with Crippen molar-refractivity contribution >= 4 is 22.6 Å². The molecule has 0 fully saturated rings. The monoisotopic (exact) mass is 258 g/mol. The van der Waals surface area contributed by atoms with Gasteiger partial charge in [-0.25, -0.2) is 4.79 Å². The van der Waals surface area contributed by atoms with Crippen molar-refractivity contribution in [1.82, 2.24) is 4.98 Å². The van der Waals surface area contributed by atoms with Gasteiger partial charge in [-0.2, -0.15) is 0 Å². The first-order valence-electron chi connectivity index (χ1n) is 6.33. The van der Waals surface area contributed by atoms with Gasteiger partial charge < -0.3 is 10.1 Å². The number of anilines is 1. The SMILES string of the molecule is CCOC(=O)c1cnc2c(C)cc(C)cc2c1NC. The molecule has 19 heavy (non-hydrogen) atoms. The van der Waals surface area contributed by atoms with Crippen molar-refractivity contribution in [3.63, 3.8) is 0 Å². The van der Waals surface area contributed by atoms with Crippen molar-refractivity contribution in [2.75, 3.05) is 19.0 Å². The van der Waals surface area contributed by atoms with Gasteiger partial charge in [-0.3, -0.25) is 4.98 Å². The Morgan fingerprint density at radius 3 is 2.74 bits per heavy atom. The molecular weight excluding hydrogens is 240 g/mol. The van der Waals surface area contributed by atoms with Gasteiger partial charge in [0.15, 0.2) is 0 Å². The number of benzene rings is 1. The number of nitrogens with one attached hydrogen (secondary N) is 1. The molecule has 2 aromatic rings. The Hall–Kier alpha value is -2.10. The predicted octanol–water partition coefficient (Wildman–Crippen LogP) is 3.07. The zero-order valence-electron chi connectivity index (χ0n) is 11.7. The van der Waals surface area contributed by atoms with Crippen LogP contribution in [-0.4, -0.2) is 24.6 Å². The largest absolute Gasteiger partial charge is 0.462 e. The molecule has 0 aliphatic rings. The number of esters is 1. The molecule has 0 spiro atoms. The first-order valence-corrected chi connectivity index (χ1v) is 6.33. The normalized spacial score (nSPS) is 10.5. The number of hydrogen-bond acceptors (Lipinski definition) is 4. The summed E-state index contributed by atoms with van der Waals surface area (Å²) in [6.07, 6.45) is 1.58. The lowest BCUT2D eigenvalue weighted by Crippen LogP contribution is -2.09. The number of fused-ring (bicyclic) bond motifs is 1. The molecule has 1 heterocycles. The van der Waals surface area contributed by atoms with E-state index in [4.69, 9.17) is 4.74 Å². The van der Waals surface area contributed by atoms with Gasteiger partial charge in [0.25, 0.3) is 0 Å². The lowest BCUT2D eigenvalue weighted by Gasteiger charge is -2.13. The van der Waals surface area contributed by atoms with Crippen LogP contribution in [0.3, 0.4) is 0 Å². The molecule has 0 bridgehead atoms. The molecule has 1 aromatic heterocycles. The maximum Gasteiger partial charge on any atom is 0.341 e. The summed E-state index contributed by atoms with van der Waals surface area (Å²) >= 11 is 0. The van der Waals surface area contributed by atoms with E-state index in [1.54, 1.807) is 20.2 Å². The van der Waals surface area contributed by atoms with E-state index >= 15 is 0 Å². The van der Waals surface area contributed by atoms with Gasteiger partial charge >= 0.3 is 5.97 Å². The van der Waals surface area contributed by atoms with E-state index in [1.165, 1.54) is 0 Å². The second-order valence-corrected chi connectivity index (χ2v) is 4.50. The number of carbonyl (C=O) groups is 1. The number of ether oxygens (including phenoxy) is 1. The van der Waals surface area contributed by atoms with E-state index in [0.717, 1.165) is 27.7 Å². The Labute approximate surface area is 112 Å². The third-order valence-electron chi connectivity index (χ3n) is 3.05. The Balaban J connectivity index is 2.72. The van der Waals surface area contributed by atoms with Crippen molar-refractivity contribution in [2.24, 2.45) is 0 Å². The topological polar surface area (TPSA) is 51.2 Å². The fourth-order valence-electron chi connectivity index (χ4n) is 2.29. The lowest BCUT2D eigenvalue weighted by molar-refractivity contribution is 0.0527. The molecular formula is C15H18N2O2. The second-order valence-electron chi connectivity index (χ2n) is 4.50. The number of aryl methyl sites for hydroxylation is 2. The molecule has 1 N–H and O–H groups in total. The van der Waals surface area contributed by atoms with Crippen LogP contribution in [0, 0.1) is 13.8 Å². The first-order chi connectivity index (χ1) is 9.08. The molecule has 0 saturated heterocycles. The third-order valence-corrected chi connectivity index (χ3v) is 3.05. The summed E-state index contributed by atoms with van der Waals surface area (Å²) in [6.45, 7) is 6.20. The average Bonchev–Trinajstić information content (AvgIpc) is 2.37. The van der Waals surface area contributed by atoms with Gasteiger partial charge in [-0.05, 0) is 32.4 Å². The molecule has 0 aliphatic heterocycles. The number of aromatic nitrogens is 1. The Kier molecular flexibility index (Phi) is 3.69. The van der Waals surface area contributed by atoms with E-state index in [1.807, 2.05) is 19.9 Å². The van der Waals surface area contributed by atoms with Crippen LogP contribution in [0.15, 0.2) is 18.3 Å². The molecule has 4 heteroatoms. The lowest BCUT2D eigenvalue weighted by atomic mass is 10.0. The van der Waals surface area contributed by atoms with Crippen LogP contribution in [-0.2, 0) is 4.74 Å². The van der Waals surface area contributed by atoms with Crippen molar-refractivity contribution < 1.29 is 9.53 Å². The molecule has 4 nitrogen and oxygen atoms in total. The molecule has 0 saturated carbocycles. The van der Waals surface area contributed by atoms with Crippen molar-refractivity contribution in [1.29, 1.82) is 0 Å². The van der Waals surface area contributed by atoms with Crippen LogP contribution >= 0.6 is 0 Å². The van der Waals surface area contributed by atoms with Crippen LogP contribution in [0.25, 0.3) is 10.9 Å². The molecule has 2 rings (SSSR count). The van der Waals surface area contributed by atoms with E-state index in [2.05, 4.69) is 16.4 Å². The molecule has 0 radical (unpaired) electrons. The number of nitrogens with zero attached hydrogens (tertiary/aromatic N) is 1. The summed E-state index contributed by atoms with van der Waals surface area (Å²) < 4.78 is 5.06. The Morgan fingerprint density at radius 1 is 1.37 bits per heavy atom. The minimum Gasteiger partial charge on any atom is -0.462 e. The fourth-order valence-corrected chi connectivity index (χ4v) is 2.29. The molecule has 0 unspecified atom stereocenters. The maximum atomic E-state index is 11.9. The van der Waals surface area contributed by atoms with Gasteiger partial charge in [0.05, 0.1) is 17.8 Å². The van der Waals surface area contributed by atoms with Crippen LogP contribution in [0.2, 0.25) is 0 Å². The number of carbonyl (C=O) groups excluding carboxylic acids is 1. The van der Waals surface area contributed by atoms with Crippen molar-refractivity contribution in [3.8, 4) is 0 Å².